The molecule has 0 fully saturated rings. The van der Waals surface area contributed by atoms with Crippen LogP contribution in [0.15, 0.2) is 85.1 Å². The van der Waals surface area contributed by atoms with Gasteiger partial charge in [-0.2, -0.15) is 0 Å². The van der Waals surface area contributed by atoms with Crippen LogP contribution in [0.3, 0.4) is 0 Å². The van der Waals surface area contributed by atoms with E-state index in [9.17, 15) is 0 Å². The smallest absolute Gasteiger partial charge is 0.203 e. The van der Waals surface area contributed by atoms with Gasteiger partial charge in [-0.25, -0.2) is 4.98 Å². The lowest BCUT2D eigenvalue weighted by atomic mass is 10.2. The first-order valence-corrected chi connectivity index (χ1v) is 10.9. The van der Waals surface area contributed by atoms with Gasteiger partial charge in [0.15, 0.2) is 0 Å². The van der Waals surface area contributed by atoms with Gasteiger partial charge >= 0.3 is 0 Å². The number of benzene rings is 3. The van der Waals surface area contributed by atoms with Gasteiger partial charge in [-0.3, -0.25) is 0 Å². The lowest BCUT2D eigenvalue weighted by Gasteiger charge is -2.14. The normalized spacial score (nSPS) is 10.8. The van der Waals surface area contributed by atoms with Crippen molar-refractivity contribution in [1.29, 1.82) is 0 Å². The first-order valence-electron chi connectivity index (χ1n) is 10.5. The van der Waals surface area contributed by atoms with Crippen LogP contribution in [0.2, 0.25) is 5.02 Å². The van der Waals surface area contributed by atoms with Gasteiger partial charge in [0.2, 0.25) is 5.95 Å². The Labute approximate surface area is 193 Å². The second-order valence-corrected chi connectivity index (χ2v) is 7.83. The molecule has 0 unspecified atom stereocenters. The van der Waals surface area contributed by atoms with Crippen LogP contribution in [-0.4, -0.2) is 23.3 Å². The molecule has 0 spiro atoms. The Kier molecular flexibility index (Phi) is 7.43. The molecule has 5 nitrogen and oxygen atoms in total. The molecular formula is C26H26ClN3O2. The van der Waals surface area contributed by atoms with E-state index in [1.165, 1.54) is 0 Å². The Morgan fingerprint density at radius 3 is 2.50 bits per heavy atom. The molecule has 0 aliphatic heterocycles. The highest BCUT2D eigenvalue weighted by Crippen LogP contribution is 2.25. The van der Waals surface area contributed by atoms with Crippen LogP contribution in [0.4, 0.5) is 5.95 Å². The summed E-state index contributed by atoms with van der Waals surface area (Å²) in [5.74, 6) is 1.64. The minimum absolute atomic E-state index is 0.545. The number of ether oxygens (including phenoxy) is 2. The van der Waals surface area contributed by atoms with Gasteiger partial charge < -0.3 is 19.4 Å². The van der Waals surface area contributed by atoms with E-state index in [2.05, 4.69) is 39.1 Å². The monoisotopic (exact) mass is 447 g/mol. The van der Waals surface area contributed by atoms with Crippen LogP contribution in [0.5, 0.6) is 5.75 Å². The van der Waals surface area contributed by atoms with Crippen molar-refractivity contribution in [2.45, 2.75) is 19.7 Å². The summed E-state index contributed by atoms with van der Waals surface area (Å²) in [6, 6.07) is 26.0. The maximum absolute atomic E-state index is 6.05. The Morgan fingerprint density at radius 1 is 0.938 bits per heavy atom. The molecule has 164 valence electrons. The largest absolute Gasteiger partial charge is 0.489 e. The van der Waals surface area contributed by atoms with Gasteiger partial charge in [0.1, 0.15) is 12.4 Å². The molecule has 3 aromatic carbocycles. The number of nitrogens with zero attached hydrogens (tertiary/aromatic N) is 2. The van der Waals surface area contributed by atoms with E-state index in [-0.39, 0.29) is 0 Å². The number of anilines is 1. The number of hydrogen-bond donors (Lipinski definition) is 1. The van der Waals surface area contributed by atoms with Crippen molar-refractivity contribution < 1.29 is 9.47 Å². The summed E-state index contributed by atoms with van der Waals surface area (Å²) in [4.78, 5) is 4.61. The Morgan fingerprint density at radius 2 is 1.72 bits per heavy atom. The first kappa shape index (κ1) is 21.9. The number of hydrogen-bond acceptors (Lipinski definition) is 4. The Bertz CT molecular complexity index is 1130. The molecule has 0 aliphatic carbocycles. The summed E-state index contributed by atoms with van der Waals surface area (Å²) in [6.45, 7) is 2.46. The van der Waals surface area contributed by atoms with E-state index in [1.807, 2.05) is 60.8 Å². The van der Waals surface area contributed by atoms with E-state index in [0.717, 1.165) is 34.1 Å². The molecule has 4 rings (SSSR count). The topological polar surface area (TPSA) is 48.3 Å². The van der Waals surface area contributed by atoms with E-state index in [4.69, 9.17) is 21.1 Å². The van der Waals surface area contributed by atoms with Gasteiger partial charge in [0.05, 0.1) is 18.5 Å². The lowest BCUT2D eigenvalue weighted by Crippen LogP contribution is -2.11. The molecule has 6 heteroatoms. The third-order valence-electron chi connectivity index (χ3n) is 5.11. The van der Waals surface area contributed by atoms with Crippen LogP contribution in [-0.2, 0) is 24.4 Å². The van der Waals surface area contributed by atoms with Crippen molar-refractivity contribution in [3.8, 4) is 17.0 Å². The lowest BCUT2D eigenvalue weighted by molar-refractivity contribution is 0.188. The van der Waals surface area contributed by atoms with Crippen molar-refractivity contribution in [2.24, 2.45) is 0 Å². The summed E-state index contributed by atoms with van der Waals surface area (Å²) in [5.41, 5.74) is 4.33. The number of aromatic nitrogens is 2. The number of halogens is 1. The second kappa shape index (κ2) is 10.8. The molecule has 0 aliphatic rings. The number of methoxy groups -OCH3 is 1. The van der Waals surface area contributed by atoms with Gasteiger partial charge in [-0.15, -0.1) is 0 Å². The highest BCUT2D eigenvalue weighted by atomic mass is 35.5. The number of imidazole rings is 1. The highest BCUT2D eigenvalue weighted by Gasteiger charge is 2.12. The summed E-state index contributed by atoms with van der Waals surface area (Å²) in [5, 5.41) is 4.17. The predicted molar refractivity (Wildman–Crippen MR) is 129 cm³/mol. The third kappa shape index (κ3) is 5.69. The van der Waals surface area contributed by atoms with Crippen LogP contribution < -0.4 is 10.1 Å². The quantitative estimate of drug-likeness (QED) is 0.322. The molecule has 1 N–H and O–H groups in total. The van der Waals surface area contributed by atoms with E-state index in [1.54, 1.807) is 7.11 Å². The van der Waals surface area contributed by atoms with Crippen molar-refractivity contribution in [3.63, 3.8) is 0 Å². The van der Waals surface area contributed by atoms with Crippen molar-refractivity contribution in [3.05, 3.63) is 101 Å². The molecule has 0 saturated heterocycles. The van der Waals surface area contributed by atoms with Crippen LogP contribution in [0.1, 0.15) is 11.1 Å². The van der Waals surface area contributed by atoms with Crippen molar-refractivity contribution in [2.75, 3.05) is 19.0 Å². The fourth-order valence-corrected chi connectivity index (χ4v) is 3.57. The maximum atomic E-state index is 6.05. The molecule has 0 atom stereocenters. The van der Waals surface area contributed by atoms with E-state index in [0.29, 0.717) is 31.3 Å². The minimum Gasteiger partial charge on any atom is -0.489 e. The SMILES string of the molecule is COCCn1c(-c2ccc(Cl)cc2)cnc1NCc1cccc(OCc2ccccc2)c1. The highest BCUT2D eigenvalue weighted by molar-refractivity contribution is 6.30. The molecule has 4 aromatic rings. The second-order valence-electron chi connectivity index (χ2n) is 7.39. The van der Waals surface area contributed by atoms with E-state index < -0.39 is 0 Å². The zero-order valence-electron chi connectivity index (χ0n) is 18.0. The summed E-state index contributed by atoms with van der Waals surface area (Å²) < 4.78 is 13.4. The van der Waals surface area contributed by atoms with Crippen LogP contribution >= 0.6 is 11.6 Å². The van der Waals surface area contributed by atoms with E-state index >= 15 is 0 Å². The zero-order chi connectivity index (χ0) is 22.2. The average Bonchev–Trinajstić information content (AvgIpc) is 3.24. The summed E-state index contributed by atoms with van der Waals surface area (Å²) >= 11 is 6.05. The molecular weight excluding hydrogens is 422 g/mol. The van der Waals surface area contributed by atoms with Crippen molar-refractivity contribution >= 4 is 17.5 Å². The molecule has 1 aromatic heterocycles. The third-order valence-corrected chi connectivity index (χ3v) is 5.36. The number of nitrogens with one attached hydrogen (secondary N) is 1. The molecule has 32 heavy (non-hydrogen) atoms. The van der Waals surface area contributed by atoms with Crippen LogP contribution in [0, 0.1) is 0 Å². The molecule has 0 amide bonds. The minimum atomic E-state index is 0.545. The molecule has 0 bridgehead atoms. The number of rotatable bonds is 10. The van der Waals surface area contributed by atoms with Gasteiger partial charge in [-0.05, 0) is 41.0 Å². The molecule has 1 heterocycles. The summed E-state index contributed by atoms with van der Waals surface area (Å²) in [7, 11) is 1.70. The molecule has 0 radical (unpaired) electrons. The van der Waals surface area contributed by atoms with Crippen molar-refractivity contribution in [1.82, 2.24) is 9.55 Å². The van der Waals surface area contributed by atoms with Gasteiger partial charge in [0, 0.05) is 25.2 Å². The standard InChI is InChI=1S/C26H26ClN3O2/c1-31-15-14-30-25(22-10-12-23(27)13-11-22)18-29-26(30)28-17-21-8-5-9-24(16-21)32-19-20-6-3-2-4-7-20/h2-13,16,18H,14-15,17,19H2,1H3,(H,28,29). The molecule has 0 saturated carbocycles. The van der Waals surface area contributed by atoms with Gasteiger partial charge in [-0.1, -0.05) is 66.2 Å². The Balaban J connectivity index is 1.45. The zero-order valence-corrected chi connectivity index (χ0v) is 18.8. The first-order chi connectivity index (χ1) is 15.7. The fraction of sp³-hybridized carbons (Fsp3) is 0.192. The van der Waals surface area contributed by atoms with Crippen LogP contribution in [0.25, 0.3) is 11.3 Å². The fourth-order valence-electron chi connectivity index (χ4n) is 3.44. The maximum Gasteiger partial charge on any atom is 0.203 e. The predicted octanol–water partition coefficient (Wildman–Crippen LogP) is 6.04. The summed E-state index contributed by atoms with van der Waals surface area (Å²) in [6.07, 6.45) is 1.88. The average molecular weight is 448 g/mol. The van der Waals surface area contributed by atoms with Gasteiger partial charge in [0.25, 0.3) is 0 Å². The Hall–Kier alpha value is -3.28.